The second-order valence-electron chi connectivity index (χ2n) is 6.14. The van der Waals surface area contributed by atoms with E-state index in [1.54, 1.807) is 24.3 Å². The van der Waals surface area contributed by atoms with E-state index in [1.807, 2.05) is 6.92 Å². The maximum absolute atomic E-state index is 13.1. The van der Waals surface area contributed by atoms with Crippen molar-refractivity contribution in [3.05, 3.63) is 35.5 Å². The molecule has 1 unspecified atom stereocenters. The summed E-state index contributed by atoms with van der Waals surface area (Å²) in [6.45, 7) is 1.95. The number of fused-ring (bicyclic) bond motifs is 3. The van der Waals surface area contributed by atoms with Gasteiger partial charge in [0.15, 0.2) is 5.78 Å². The normalized spacial score (nSPS) is 21.2. The summed E-state index contributed by atoms with van der Waals surface area (Å²) in [5.74, 6) is -0.235. The summed E-state index contributed by atoms with van der Waals surface area (Å²) in [5, 5.41) is 10.2. The molecule has 5 nitrogen and oxygen atoms in total. The Bertz CT molecular complexity index is 950. The van der Waals surface area contributed by atoms with Gasteiger partial charge in [-0.15, -0.1) is 0 Å². The van der Waals surface area contributed by atoms with Gasteiger partial charge in [0.2, 0.25) is 10.0 Å². The molecule has 2 aromatic rings. The van der Waals surface area contributed by atoms with E-state index in [9.17, 15) is 18.5 Å². The predicted molar refractivity (Wildman–Crippen MR) is 87.8 cm³/mol. The van der Waals surface area contributed by atoms with Crippen LogP contribution in [-0.4, -0.2) is 24.4 Å². The Morgan fingerprint density at radius 1 is 1.35 bits per heavy atom. The van der Waals surface area contributed by atoms with Crippen LogP contribution in [0.5, 0.6) is 0 Å². The molecule has 0 aliphatic heterocycles. The highest BCUT2D eigenvalue weighted by molar-refractivity contribution is 7.89. The lowest BCUT2D eigenvalue weighted by Crippen LogP contribution is -2.35. The molecule has 6 heteroatoms. The number of ketones is 1. The van der Waals surface area contributed by atoms with E-state index in [0.29, 0.717) is 41.4 Å². The van der Waals surface area contributed by atoms with Crippen LogP contribution in [0.1, 0.15) is 42.2 Å². The van der Waals surface area contributed by atoms with Gasteiger partial charge in [-0.25, -0.2) is 12.4 Å². The zero-order valence-corrected chi connectivity index (χ0v) is 14.0. The quantitative estimate of drug-likeness (QED) is 0.866. The van der Waals surface area contributed by atoms with Gasteiger partial charge in [0.25, 0.3) is 0 Å². The summed E-state index contributed by atoms with van der Waals surface area (Å²) in [6.07, 6.45) is 3.16. The van der Waals surface area contributed by atoms with Crippen LogP contribution in [0.3, 0.4) is 0 Å². The maximum atomic E-state index is 13.1. The van der Waals surface area contributed by atoms with Crippen LogP contribution in [-0.2, 0) is 16.4 Å². The van der Waals surface area contributed by atoms with E-state index < -0.39 is 15.4 Å². The zero-order chi connectivity index (χ0) is 16.8. The smallest absolute Gasteiger partial charge is 0.236 e. The molecule has 0 radical (unpaired) electrons. The van der Waals surface area contributed by atoms with Crippen molar-refractivity contribution in [3.63, 3.8) is 0 Å². The first-order valence-electron chi connectivity index (χ1n) is 7.64. The molecular weight excluding hydrogens is 312 g/mol. The lowest BCUT2D eigenvalue weighted by molar-refractivity contribution is 0.0823. The topological polar surface area (TPSA) is 79.9 Å². The molecule has 120 valence electrons. The van der Waals surface area contributed by atoms with Crippen LogP contribution in [0.2, 0.25) is 0 Å². The van der Waals surface area contributed by atoms with Crippen LogP contribution in [0.25, 0.3) is 10.9 Å². The molecule has 1 atom stereocenters. The summed E-state index contributed by atoms with van der Waals surface area (Å²) in [6, 6.07) is 9.21. The fourth-order valence-corrected chi connectivity index (χ4v) is 4.74. The molecule has 0 spiro atoms. The number of para-hydroxylation sites is 1. The van der Waals surface area contributed by atoms with Gasteiger partial charge < -0.3 is 0 Å². The van der Waals surface area contributed by atoms with Crippen molar-refractivity contribution in [2.24, 2.45) is 5.41 Å². The second kappa shape index (κ2) is 5.20. The number of aromatic nitrogens is 1. The number of nitriles is 1. The SMILES string of the molecule is CCCC1(C#N)CCc2c(c3ccccc3n2S(C)(=O)=O)C1=O. The first-order valence-corrected chi connectivity index (χ1v) is 9.49. The van der Waals surface area contributed by atoms with Crippen molar-refractivity contribution in [2.75, 3.05) is 6.26 Å². The van der Waals surface area contributed by atoms with Crippen LogP contribution >= 0.6 is 0 Å². The van der Waals surface area contributed by atoms with Gasteiger partial charge in [-0.05, 0) is 25.3 Å². The Morgan fingerprint density at radius 2 is 2.04 bits per heavy atom. The number of carbonyl (C=O) groups excluding carboxylic acids is 1. The van der Waals surface area contributed by atoms with Crippen molar-refractivity contribution in [2.45, 2.75) is 32.6 Å². The molecule has 1 heterocycles. The van der Waals surface area contributed by atoms with E-state index in [4.69, 9.17) is 0 Å². The molecule has 1 aliphatic rings. The molecule has 1 aliphatic carbocycles. The number of hydrogen-bond donors (Lipinski definition) is 0. The molecule has 1 aromatic heterocycles. The zero-order valence-electron chi connectivity index (χ0n) is 13.2. The maximum Gasteiger partial charge on any atom is 0.236 e. The predicted octanol–water partition coefficient (Wildman–Crippen LogP) is 2.89. The summed E-state index contributed by atoms with van der Waals surface area (Å²) < 4.78 is 25.7. The van der Waals surface area contributed by atoms with Crippen molar-refractivity contribution in [1.82, 2.24) is 3.97 Å². The van der Waals surface area contributed by atoms with Crippen molar-refractivity contribution >= 4 is 26.7 Å². The fraction of sp³-hybridized carbons (Fsp3) is 0.412. The highest BCUT2D eigenvalue weighted by atomic mass is 32.2. The Kier molecular flexibility index (Phi) is 3.56. The van der Waals surface area contributed by atoms with E-state index in [-0.39, 0.29) is 5.78 Å². The fourth-order valence-electron chi connectivity index (χ4n) is 3.64. The third-order valence-corrected chi connectivity index (χ3v) is 5.68. The number of carbonyl (C=O) groups is 1. The largest absolute Gasteiger partial charge is 0.292 e. The minimum Gasteiger partial charge on any atom is -0.292 e. The molecule has 0 fully saturated rings. The number of Topliss-reactive ketones (excluding diaryl/α,β-unsaturated/α-hetero) is 1. The molecular formula is C17H18N2O3S. The molecule has 3 rings (SSSR count). The van der Waals surface area contributed by atoms with E-state index in [0.717, 1.165) is 12.7 Å². The van der Waals surface area contributed by atoms with Crippen LogP contribution in [0, 0.1) is 16.7 Å². The van der Waals surface area contributed by atoms with Gasteiger partial charge in [-0.1, -0.05) is 31.5 Å². The first-order chi connectivity index (χ1) is 10.9. The Hall–Kier alpha value is -2.13. The van der Waals surface area contributed by atoms with E-state index in [1.165, 1.54) is 3.97 Å². The van der Waals surface area contributed by atoms with Crippen molar-refractivity contribution in [3.8, 4) is 6.07 Å². The second-order valence-corrected chi connectivity index (χ2v) is 7.97. The van der Waals surface area contributed by atoms with Crippen LogP contribution < -0.4 is 0 Å². The van der Waals surface area contributed by atoms with Gasteiger partial charge in [0, 0.05) is 16.6 Å². The third-order valence-electron chi connectivity index (χ3n) is 4.60. The van der Waals surface area contributed by atoms with Gasteiger partial charge >= 0.3 is 0 Å². The van der Waals surface area contributed by atoms with Crippen LogP contribution in [0.4, 0.5) is 0 Å². The Balaban J connectivity index is 2.38. The van der Waals surface area contributed by atoms with Crippen molar-refractivity contribution in [1.29, 1.82) is 5.26 Å². The molecule has 0 amide bonds. The average molecular weight is 330 g/mol. The number of benzene rings is 1. The molecule has 0 N–H and O–H groups in total. The summed E-state index contributed by atoms with van der Waals surface area (Å²) in [7, 11) is -3.53. The average Bonchev–Trinajstić information content (AvgIpc) is 2.85. The highest BCUT2D eigenvalue weighted by Crippen LogP contribution is 2.43. The lowest BCUT2D eigenvalue weighted by atomic mass is 9.70. The van der Waals surface area contributed by atoms with Gasteiger partial charge in [-0.3, -0.25) is 4.79 Å². The minimum atomic E-state index is -3.53. The third kappa shape index (κ3) is 2.19. The molecule has 23 heavy (non-hydrogen) atoms. The minimum absolute atomic E-state index is 0.235. The number of hydrogen-bond acceptors (Lipinski definition) is 4. The molecule has 1 aromatic carbocycles. The monoisotopic (exact) mass is 330 g/mol. The van der Waals surface area contributed by atoms with Gasteiger partial charge in [-0.2, -0.15) is 5.26 Å². The standard InChI is InChI=1S/C17H18N2O3S/c1-3-9-17(11-18)10-8-14-15(16(17)20)12-6-4-5-7-13(12)19(14)23(2,21)22/h4-7H,3,8-10H2,1-2H3. The summed E-state index contributed by atoms with van der Waals surface area (Å²) in [5.41, 5.74) is 0.403. The Labute approximate surface area is 135 Å². The van der Waals surface area contributed by atoms with Crippen LogP contribution in [0.15, 0.2) is 24.3 Å². The molecule has 0 saturated carbocycles. The molecule has 0 saturated heterocycles. The number of rotatable bonds is 3. The van der Waals surface area contributed by atoms with Gasteiger partial charge in [0.05, 0.1) is 17.8 Å². The van der Waals surface area contributed by atoms with E-state index in [2.05, 4.69) is 6.07 Å². The highest BCUT2D eigenvalue weighted by Gasteiger charge is 2.45. The first kappa shape index (κ1) is 15.8. The Morgan fingerprint density at radius 3 is 2.65 bits per heavy atom. The molecule has 0 bridgehead atoms. The number of nitrogens with zero attached hydrogens (tertiary/aromatic N) is 2. The van der Waals surface area contributed by atoms with Crippen molar-refractivity contribution < 1.29 is 13.2 Å². The summed E-state index contributed by atoms with van der Waals surface area (Å²) in [4.78, 5) is 13.1. The summed E-state index contributed by atoms with van der Waals surface area (Å²) >= 11 is 0. The van der Waals surface area contributed by atoms with E-state index >= 15 is 0 Å². The van der Waals surface area contributed by atoms with Gasteiger partial charge in [0.1, 0.15) is 5.41 Å². The lowest BCUT2D eigenvalue weighted by Gasteiger charge is -2.29.